The molecule has 1 fully saturated rings. The first-order chi connectivity index (χ1) is 13.5. The van der Waals surface area contributed by atoms with Gasteiger partial charge in [-0.3, -0.25) is 4.79 Å². The standard InChI is InChI=1S/C17H22F3N3O5S/c1-2-28-16(25)22-13-6-4-8-23(11-13)15(24)10-21-29(26,27)14-7-3-5-12(9-14)17(18,19)20/h3,5,7,9,13,21H,2,4,6,8,10-11H2,1H3,(H,22,25). The van der Waals surface area contributed by atoms with Gasteiger partial charge in [-0.15, -0.1) is 0 Å². The van der Waals surface area contributed by atoms with Crippen LogP contribution in [0.3, 0.4) is 0 Å². The second-order valence-electron chi connectivity index (χ2n) is 6.39. The van der Waals surface area contributed by atoms with Crippen molar-refractivity contribution in [3.63, 3.8) is 0 Å². The van der Waals surface area contributed by atoms with E-state index in [0.717, 1.165) is 18.2 Å². The van der Waals surface area contributed by atoms with Gasteiger partial charge in [0.2, 0.25) is 15.9 Å². The molecule has 1 aromatic carbocycles. The number of hydrogen-bond acceptors (Lipinski definition) is 5. The molecule has 162 valence electrons. The Labute approximate surface area is 166 Å². The number of nitrogens with one attached hydrogen (secondary N) is 2. The largest absolute Gasteiger partial charge is 0.450 e. The Bertz CT molecular complexity index is 845. The van der Waals surface area contributed by atoms with Crippen molar-refractivity contribution in [2.45, 2.75) is 36.9 Å². The van der Waals surface area contributed by atoms with Crippen LogP contribution in [0.1, 0.15) is 25.3 Å². The van der Waals surface area contributed by atoms with Crippen LogP contribution in [-0.4, -0.2) is 57.6 Å². The van der Waals surface area contributed by atoms with E-state index in [2.05, 4.69) is 5.32 Å². The number of benzene rings is 1. The van der Waals surface area contributed by atoms with Gasteiger partial charge in [0.1, 0.15) is 0 Å². The average molecular weight is 437 g/mol. The Morgan fingerprint density at radius 3 is 2.69 bits per heavy atom. The molecular formula is C17H22F3N3O5S. The molecule has 1 aliphatic rings. The quantitative estimate of drug-likeness (QED) is 0.705. The minimum atomic E-state index is -4.68. The highest BCUT2D eigenvalue weighted by Crippen LogP contribution is 2.30. The van der Waals surface area contributed by atoms with E-state index in [0.29, 0.717) is 25.5 Å². The maximum atomic E-state index is 12.8. The van der Waals surface area contributed by atoms with Gasteiger partial charge in [0.25, 0.3) is 0 Å². The third-order valence-corrected chi connectivity index (χ3v) is 5.66. The summed E-state index contributed by atoms with van der Waals surface area (Å²) in [6.45, 7) is 1.82. The molecule has 1 heterocycles. The number of piperidine rings is 1. The number of alkyl halides is 3. The van der Waals surface area contributed by atoms with Crippen LogP contribution in [0, 0.1) is 0 Å². The Morgan fingerprint density at radius 1 is 1.31 bits per heavy atom. The van der Waals surface area contributed by atoms with Gasteiger partial charge in [-0.25, -0.2) is 17.9 Å². The van der Waals surface area contributed by atoms with Crippen LogP contribution in [0.15, 0.2) is 29.2 Å². The summed E-state index contributed by atoms with van der Waals surface area (Å²) in [5, 5.41) is 2.62. The third-order valence-electron chi connectivity index (χ3n) is 4.26. The van der Waals surface area contributed by atoms with Crippen molar-refractivity contribution < 1.29 is 35.9 Å². The van der Waals surface area contributed by atoms with E-state index in [4.69, 9.17) is 4.74 Å². The molecule has 2 amide bonds. The van der Waals surface area contributed by atoms with Crippen LogP contribution in [0.2, 0.25) is 0 Å². The monoisotopic (exact) mass is 437 g/mol. The van der Waals surface area contributed by atoms with Crippen molar-refractivity contribution in [2.75, 3.05) is 26.2 Å². The molecule has 0 saturated carbocycles. The minimum absolute atomic E-state index is 0.183. The molecule has 0 aromatic heterocycles. The first-order valence-electron chi connectivity index (χ1n) is 8.91. The molecule has 0 bridgehead atoms. The Balaban J connectivity index is 1.96. The lowest BCUT2D eigenvalue weighted by Crippen LogP contribution is -2.51. The number of likely N-dealkylation sites (tertiary alicyclic amines) is 1. The van der Waals surface area contributed by atoms with Gasteiger partial charge in [0, 0.05) is 19.1 Å². The van der Waals surface area contributed by atoms with Crippen LogP contribution in [0.25, 0.3) is 0 Å². The Morgan fingerprint density at radius 2 is 2.03 bits per heavy atom. The molecule has 1 saturated heterocycles. The summed E-state index contributed by atoms with van der Waals surface area (Å²) >= 11 is 0. The van der Waals surface area contributed by atoms with Crippen LogP contribution in [0.5, 0.6) is 0 Å². The average Bonchev–Trinajstić information content (AvgIpc) is 2.66. The topological polar surface area (TPSA) is 105 Å². The molecule has 0 radical (unpaired) electrons. The highest BCUT2D eigenvalue weighted by molar-refractivity contribution is 7.89. The molecule has 1 aliphatic heterocycles. The summed E-state index contributed by atoms with van der Waals surface area (Å²) in [6.07, 6.45) is -4.05. The van der Waals surface area contributed by atoms with Gasteiger partial charge in [0.15, 0.2) is 0 Å². The summed E-state index contributed by atoms with van der Waals surface area (Å²) in [7, 11) is -4.30. The van der Waals surface area contributed by atoms with Crippen LogP contribution in [0.4, 0.5) is 18.0 Å². The second-order valence-corrected chi connectivity index (χ2v) is 8.16. The van der Waals surface area contributed by atoms with Gasteiger partial charge in [-0.2, -0.15) is 13.2 Å². The molecule has 1 atom stereocenters. The van der Waals surface area contributed by atoms with Gasteiger partial charge >= 0.3 is 12.3 Å². The number of nitrogens with zero attached hydrogens (tertiary/aromatic N) is 1. The lowest BCUT2D eigenvalue weighted by Gasteiger charge is -2.33. The molecule has 0 aliphatic carbocycles. The molecule has 1 unspecified atom stereocenters. The number of rotatable bonds is 6. The predicted octanol–water partition coefficient (Wildman–Crippen LogP) is 1.72. The van der Waals surface area contributed by atoms with Gasteiger partial charge in [-0.1, -0.05) is 6.07 Å². The van der Waals surface area contributed by atoms with Crippen LogP contribution in [-0.2, 0) is 25.7 Å². The number of alkyl carbamates (subject to hydrolysis) is 1. The molecular weight excluding hydrogens is 415 g/mol. The predicted molar refractivity (Wildman–Crippen MR) is 96.4 cm³/mol. The van der Waals surface area contributed by atoms with Gasteiger partial charge < -0.3 is 15.0 Å². The van der Waals surface area contributed by atoms with Crippen LogP contribution >= 0.6 is 0 Å². The Kier molecular flexibility index (Phi) is 7.47. The van der Waals surface area contributed by atoms with Crippen molar-refractivity contribution in [1.82, 2.24) is 14.9 Å². The fourth-order valence-corrected chi connectivity index (χ4v) is 3.87. The lowest BCUT2D eigenvalue weighted by molar-refractivity contribution is -0.137. The van der Waals surface area contributed by atoms with E-state index in [-0.39, 0.29) is 19.2 Å². The summed E-state index contributed by atoms with van der Waals surface area (Å²) in [5.74, 6) is -0.545. The summed E-state index contributed by atoms with van der Waals surface area (Å²) in [6, 6.07) is 2.94. The number of carbonyl (C=O) groups excluding carboxylic acids is 2. The van der Waals surface area contributed by atoms with Crippen molar-refractivity contribution in [3.8, 4) is 0 Å². The molecule has 1 aromatic rings. The summed E-state index contributed by atoms with van der Waals surface area (Å²) < 4.78 is 69.7. The highest BCUT2D eigenvalue weighted by atomic mass is 32.2. The van der Waals surface area contributed by atoms with Crippen molar-refractivity contribution in [3.05, 3.63) is 29.8 Å². The maximum Gasteiger partial charge on any atom is 0.416 e. The highest BCUT2D eigenvalue weighted by Gasteiger charge is 2.32. The van der Waals surface area contributed by atoms with E-state index in [1.54, 1.807) is 6.92 Å². The zero-order chi connectivity index (χ0) is 21.7. The van der Waals surface area contributed by atoms with E-state index in [1.807, 2.05) is 4.72 Å². The molecule has 12 heteroatoms. The number of carbonyl (C=O) groups is 2. The molecule has 2 N–H and O–H groups in total. The first kappa shape index (κ1) is 22.9. The van der Waals surface area contributed by atoms with Crippen molar-refractivity contribution in [2.24, 2.45) is 0 Å². The number of sulfonamides is 1. The summed E-state index contributed by atoms with van der Waals surface area (Å²) in [5.41, 5.74) is -1.10. The minimum Gasteiger partial charge on any atom is -0.450 e. The van der Waals surface area contributed by atoms with E-state index in [1.165, 1.54) is 4.90 Å². The zero-order valence-corrected chi connectivity index (χ0v) is 16.5. The number of halogens is 3. The third kappa shape index (κ3) is 6.60. The number of hydrogen-bond donors (Lipinski definition) is 2. The smallest absolute Gasteiger partial charge is 0.416 e. The maximum absolute atomic E-state index is 12.8. The van der Waals surface area contributed by atoms with Gasteiger partial charge in [-0.05, 0) is 38.0 Å². The number of ether oxygens (including phenoxy) is 1. The fourth-order valence-electron chi connectivity index (χ4n) is 2.85. The fraction of sp³-hybridized carbons (Fsp3) is 0.529. The first-order valence-corrected chi connectivity index (χ1v) is 10.4. The van der Waals surface area contributed by atoms with E-state index >= 15 is 0 Å². The lowest BCUT2D eigenvalue weighted by atomic mass is 10.1. The summed E-state index contributed by atoms with van der Waals surface area (Å²) in [4.78, 5) is 24.6. The van der Waals surface area contributed by atoms with Crippen LogP contribution < -0.4 is 10.0 Å². The van der Waals surface area contributed by atoms with Crippen molar-refractivity contribution in [1.29, 1.82) is 0 Å². The van der Waals surface area contributed by atoms with E-state index in [9.17, 15) is 31.2 Å². The molecule has 0 spiro atoms. The second kappa shape index (κ2) is 9.44. The molecule has 29 heavy (non-hydrogen) atoms. The number of amides is 2. The molecule has 2 rings (SSSR count). The zero-order valence-electron chi connectivity index (χ0n) is 15.7. The molecule has 8 nitrogen and oxygen atoms in total. The normalized spacial score (nSPS) is 17.7. The Hall–Kier alpha value is -2.34. The van der Waals surface area contributed by atoms with Crippen molar-refractivity contribution >= 4 is 22.0 Å². The van der Waals surface area contributed by atoms with Gasteiger partial charge in [0.05, 0.1) is 23.6 Å². The SMILES string of the molecule is CCOC(=O)NC1CCCN(C(=O)CNS(=O)(=O)c2cccc(C(F)(F)F)c2)C1. The van der Waals surface area contributed by atoms with E-state index < -0.39 is 45.2 Å².